The van der Waals surface area contributed by atoms with Crippen LogP contribution in [0.3, 0.4) is 0 Å². The highest BCUT2D eigenvalue weighted by Gasteiger charge is 2.25. The molecule has 3 heterocycles. The van der Waals surface area contributed by atoms with Crippen molar-refractivity contribution in [2.24, 2.45) is 0 Å². The Balaban J connectivity index is 1.31. The molecule has 1 fully saturated rings. The fourth-order valence-corrected chi connectivity index (χ4v) is 4.35. The van der Waals surface area contributed by atoms with Crippen molar-refractivity contribution in [3.63, 3.8) is 0 Å². The van der Waals surface area contributed by atoms with E-state index in [9.17, 15) is 0 Å². The standard InChI is InChI=1S/C22H24N6/c1-17-23-20-10-6-5-9-19(20)22-25-24-21(28(17)22)16-27-13-11-26(12-14-27)15-18-7-3-2-4-8-18/h2-10H,11-16H2,1H3/p+2. The predicted octanol–water partition coefficient (Wildman–Crippen LogP) is 0.0695. The number of nitrogens with zero attached hydrogens (tertiary/aromatic N) is 4. The maximum atomic E-state index is 4.76. The summed E-state index contributed by atoms with van der Waals surface area (Å²) in [6.07, 6.45) is 0. The summed E-state index contributed by atoms with van der Waals surface area (Å²) in [6.45, 7) is 8.79. The Morgan fingerprint density at radius 2 is 1.50 bits per heavy atom. The van der Waals surface area contributed by atoms with Crippen LogP contribution in [0.4, 0.5) is 0 Å². The molecular weight excluding hydrogens is 348 g/mol. The largest absolute Gasteiger partial charge is 0.322 e. The van der Waals surface area contributed by atoms with Gasteiger partial charge in [0.25, 0.3) is 0 Å². The molecule has 1 aliphatic rings. The zero-order chi connectivity index (χ0) is 18.9. The Morgan fingerprint density at radius 1 is 0.821 bits per heavy atom. The van der Waals surface area contributed by atoms with Gasteiger partial charge in [-0.2, -0.15) is 0 Å². The fourth-order valence-electron chi connectivity index (χ4n) is 4.35. The topological polar surface area (TPSA) is 52.0 Å². The van der Waals surface area contributed by atoms with Gasteiger partial charge in [0.1, 0.15) is 45.1 Å². The first-order valence-corrected chi connectivity index (χ1v) is 10.1. The van der Waals surface area contributed by atoms with Gasteiger partial charge in [0.2, 0.25) is 0 Å². The van der Waals surface area contributed by atoms with Crippen LogP contribution in [-0.4, -0.2) is 45.8 Å². The van der Waals surface area contributed by atoms with E-state index in [2.05, 4.69) is 51.0 Å². The Kier molecular flexibility index (Phi) is 4.50. The zero-order valence-electron chi connectivity index (χ0n) is 16.2. The van der Waals surface area contributed by atoms with Crippen molar-refractivity contribution in [3.05, 3.63) is 71.8 Å². The number of rotatable bonds is 4. The van der Waals surface area contributed by atoms with E-state index in [0.29, 0.717) is 0 Å². The molecule has 4 aromatic rings. The van der Waals surface area contributed by atoms with Crippen molar-refractivity contribution in [1.29, 1.82) is 0 Å². The average molecular weight is 374 g/mol. The maximum Gasteiger partial charge on any atom is 0.194 e. The number of aryl methyl sites for hydroxylation is 1. The normalized spacial score (nSPS) is 20.0. The highest BCUT2D eigenvalue weighted by molar-refractivity contribution is 5.91. The lowest BCUT2D eigenvalue weighted by molar-refractivity contribution is -1.02. The van der Waals surface area contributed by atoms with E-state index < -0.39 is 0 Å². The van der Waals surface area contributed by atoms with Gasteiger partial charge in [0.15, 0.2) is 11.5 Å². The summed E-state index contributed by atoms with van der Waals surface area (Å²) >= 11 is 0. The Morgan fingerprint density at radius 3 is 2.29 bits per heavy atom. The molecule has 0 bridgehead atoms. The van der Waals surface area contributed by atoms with Gasteiger partial charge >= 0.3 is 0 Å². The lowest BCUT2D eigenvalue weighted by atomic mass is 10.2. The van der Waals surface area contributed by atoms with E-state index in [0.717, 1.165) is 54.4 Å². The molecule has 28 heavy (non-hydrogen) atoms. The first-order valence-electron chi connectivity index (χ1n) is 10.1. The molecule has 6 heteroatoms. The second kappa shape index (κ2) is 7.30. The Hall–Kier alpha value is -2.83. The van der Waals surface area contributed by atoms with Crippen LogP contribution in [-0.2, 0) is 13.1 Å². The average Bonchev–Trinajstić information content (AvgIpc) is 3.15. The van der Waals surface area contributed by atoms with Crippen LogP contribution in [0.2, 0.25) is 0 Å². The van der Waals surface area contributed by atoms with Crippen LogP contribution in [0.5, 0.6) is 0 Å². The molecule has 0 radical (unpaired) electrons. The third-order valence-electron chi connectivity index (χ3n) is 5.85. The van der Waals surface area contributed by atoms with Crippen molar-refractivity contribution in [2.75, 3.05) is 26.2 Å². The number of aromatic nitrogens is 4. The number of hydrogen-bond donors (Lipinski definition) is 2. The number of nitrogens with one attached hydrogen (secondary N) is 2. The lowest BCUT2D eigenvalue weighted by Gasteiger charge is -2.29. The number of benzene rings is 2. The summed E-state index contributed by atoms with van der Waals surface area (Å²) in [6, 6.07) is 19.0. The van der Waals surface area contributed by atoms with Crippen molar-refractivity contribution in [2.45, 2.75) is 20.0 Å². The SMILES string of the molecule is Cc1nc2ccccc2c2nnc(C[NH+]3CC[NH+](Cc4ccccc4)CC3)n12. The number of quaternary nitrogens is 2. The maximum absolute atomic E-state index is 4.76. The molecule has 0 atom stereocenters. The Bertz CT molecular complexity index is 1100. The molecule has 0 amide bonds. The van der Waals surface area contributed by atoms with E-state index in [-0.39, 0.29) is 0 Å². The summed E-state index contributed by atoms with van der Waals surface area (Å²) in [5.41, 5.74) is 3.33. The van der Waals surface area contributed by atoms with Gasteiger partial charge in [0.05, 0.1) is 5.52 Å². The van der Waals surface area contributed by atoms with Crippen LogP contribution < -0.4 is 9.80 Å². The van der Waals surface area contributed by atoms with E-state index in [1.807, 2.05) is 25.1 Å². The molecule has 2 aromatic heterocycles. The second-order valence-electron chi connectivity index (χ2n) is 7.79. The van der Waals surface area contributed by atoms with Gasteiger partial charge in [-0.15, -0.1) is 10.2 Å². The first-order chi connectivity index (χ1) is 13.8. The molecule has 1 aliphatic heterocycles. The quantitative estimate of drug-likeness (QED) is 0.532. The summed E-state index contributed by atoms with van der Waals surface area (Å²) in [5, 5.41) is 10.1. The van der Waals surface area contributed by atoms with E-state index in [1.54, 1.807) is 9.80 Å². The van der Waals surface area contributed by atoms with Crippen LogP contribution >= 0.6 is 0 Å². The van der Waals surface area contributed by atoms with Crippen molar-refractivity contribution < 1.29 is 9.80 Å². The van der Waals surface area contributed by atoms with Crippen LogP contribution in [0.25, 0.3) is 16.6 Å². The van der Waals surface area contributed by atoms with Gasteiger partial charge in [-0.3, -0.25) is 4.40 Å². The molecule has 0 unspecified atom stereocenters. The van der Waals surface area contributed by atoms with Crippen LogP contribution in [0.1, 0.15) is 17.2 Å². The number of para-hydroxylation sites is 1. The van der Waals surface area contributed by atoms with Gasteiger partial charge in [0, 0.05) is 10.9 Å². The molecule has 6 nitrogen and oxygen atoms in total. The number of fused-ring (bicyclic) bond motifs is 3. The molecular formula is C22H26N6+2. The molecule has 0 saturated carbocycles. The highest BCUT2D eigenvalue weighted by Crippen LogP contribution is 2.18. The number of hydrogen-bond acceptors (Lipinski definition) is 3. The van der Waals surface area contributed by atoms with E-state index in [4.69, 9.17) is 4.98 Å². The van der Waals surface area contributed by atoms with Crippen molar-refractivity contribution in [3.8, 4) is 0 Å². The molecule has 5 rings (SSSR count). The second-order valence-corrected chi connectivity index (χ2v) is 7.79. The molecule has 1 saturated heterocycles. The summed E-state index contributed by atoms with van der Waals surface area (Å²) in [7, 11) is 0. The summed E-state index contributed by atoms with van der Waals surface area (Å²) in [4.78, 5) is 8.01. The lowest BCUT2D eigenvalue weighted by Crippen LogP contribution is -3.27. The first kappa shape index (κ1) is 17.3. The Labute approximate surface area is 164 Å². The van der Waals surface area contributed by atoms with Crippen molar-refractivity contribution >= 4 is 16.6 Å². The predicted molar refractivity (Wildman–Crippen MR) is 108 cm³/mol. The minimum atomic E-state index is 0.903. The van der Waals surface area contributed by atoms with Gasteiger partial charge in [-0.05, 0) is 19.1 Å². The molecule has 0 spiro atoms. The third-order valence-corrected chi connectivity index (χ3v) is 5.85. The minimum Gasteiger partial charge on any atom is -0.322 e. The van der Waals surface area contributed by atoms with Crippen LogP contribution in [0, 0.1) is 6.92 Å². The third kappa shape index (κ3) is 3.25. The summed E-state index contributed by atoms with van der Waals surface area (Å²) in [5.74, 6) is 1.98. The molecule has 2 aromatic carbocycles. The smallest absolute Gasteiger partial charge is 0.194 e. The van der Waals surface area contributed by atoms with Crippen LogP contribution in [0.15, 0.2) is 54.6 Å². The molecule has 0 aliphatic carbocycles. The van der Waals surface area contributed by atoms with Gasteiger partial charge < -0.3 is 9.80 Å². The molecule has 142 valence electrons. The fraction of sp³-hybridized carbons (Fsp3) is 0.318. The van der Waals surface area contributed by atoms with Gasteiger partial charge in [-0.25, -0.2) is 4.98 Å². The van der Waals surface area contributed by atoms with E-state index >= 15 is 0 Å². The van der Waals surface area contributed by atoms with Crippen molar-refractivity contribution in [1.82, 2.24) is 19.6 Å². The zero-order valence-corrected chi connectivity index (χ0v) is 16.2. The van der Waals surface area contributed by atoms with Gasteiger partial charge in [-0.1, -0.05) is 42.5 Å². The minimum absolute atomic E-state index is 0.903. The summed E-state index contributed by atoms with van der Waals surface area (Å²) < 4.78 is 2.14. The van der Waals surface area contributed by atoms with E-state index in [1.165, 1.54) is 18.7 Å². The highest BCUT2D eigenvalue weighted by atomic mass is 15.3. The monoisotopic (exact) mass is 374 g/mol. The molecule has 2 N–H and O–H groups in total. The number of piperazine rings is 1.